The molecule has 4 N–H and O–H groups in total. The summed E-state index contributed by atoms with van der Waals surface area (Å²) >= 11 is 0. The zero-order chi connectivity index (χ0) is 12.5. The first-order valence-electron chi connectivity index (χ1n) is 5.61. The van der Waals surface area contributed by atoms with Gasteiger partial charge in [-0.05, 0) is 19.1 Å². The summed E-state index contributed by atoms with van der Waals surface area (Å²) in [5.41, 5.74) is 9.30. The van der Waals surface area contributed by atoms with Gasteiger partial charge in [-0.3, -0.25) is 5.10 Å². The van der Waals surface area contributed by atoms with Gasteiger partial charge in [0.1, 0.15) is 0 Å². The normalized spacial score (nSPS) is 10.9. The van der Waals surface area contributed by atoms with E-state index in [1.54, 1.807) is 6.20 Å². The standard InChI is InChI=1S/C12H13N5O/c1-7-2-9(18-17-7)6-14-12-4-11-8(3-10(12)13)5-15-16-11/h2-5,14H,6,13H2,1H3,(H,15,16). The van der Waals surface area contributed by atoms with E-state index in [2.05, 4.69) is 20.7 Å². The summed E-state index contributed by atoms with van der Waals surface area (Å²) in [6, 6.07) is 5.70. The third kappa shape index (κ3) is 1.88. The molecule has 2 aromatic heterocycles. The summed E-state index contributed by atoms with van der Waals surface area (Å²) in [5.74, 6) is 0.775. The summed E-state index contributed by atoms with van der Waals surface area (Å²) in [4.78, 5) is 0. The number of H-pyrrole nitrogens is 1. The number of nitrogens with one attached hydrogen (secondary N) is 2. The Balaban J connectivity index is 1.83. The van der Waals surface area contributed by atoms with E-state index < -0.39 is 0 Å². The molecule has 92 valence electrons. The second-order valence-electron chi connectivity index (χ2n) is 4.18. The van der Waals surface area contributed by atoms with E-state index in [4.69, 9.17) is 10.3 Å². The van der Waals surface area contributed by atoms with Crippen molar-refractivity contribution in [3.8, 4) is 0 Å². The number of aryl methyl sites for hydroxylation is 1. The molecule has 0 fully saturated rings. The molecule has 0 aliphatic carbocycles. The minimum atomic E-state index is 0.546. The van der Waals surface area contributed by atoms with Crippen LogP contribution in [-0.4, -0.2) is 15.4 Å². The predicted octanol–water partition coefficient (Wildman–Crippen LogP) is 2.05. The smallest absolute Gasteiger partial charge is 0.156 e. The number of nitrogen functional groups attached to an aromatic ring is 1. The van der Waals surface area contributed by atoms with Crippen LogP contribution in [0.5, 0.6) is 0 Å². The summed E-state index contributed by atoms with van der Waals surface area (Å²) in [6.07, 6.45) is 1.75. The lowest BCUT2D eigenvalue weighted by atomic mass is 10.2. The zero-order valence-electron chi connectivity index (χ0n) is 9.90. The second-order valence-corrected chi connectivity index (χ2v) is 4.18. The van der Waals surface area contributed by atoms with Gasteiger partial charge in [0, 0.05) is 11.5 Å². The molecular formula is C12H13N5O. The Morgan fingerprint density at radius 3 is 3.06 bits per heavy atom. The van der Waals surface area contributed by atoms with Crippen LogP contribution in [0.2, 0.25) is 0 Å². The average molecular weight is 243 g/mol. The number of rotatable bonds is 3. The highest BCUT2D eigenvalue weighted by Crippen LogP contribution is 2.25. The van der Waals surface area contributed by atoms with Gasteiger partial charge in [0.05, 0.1) is 35.3 Å². The van der Waals surface area contributed by atoms with Crippen molar-refractivity contribution in [2.75, 3.05) is 11.1 Å². The quantitative estimate of drug-likeness (QED) is 0.612. The van der Waals surface area contributed by atoms with Crippen LogP contribution in [-0.2, 0) is 6.54 Å². The van der Waals surface area contributed by atoms with Crippen molar-refractivity contribution in [1.82, 2.24) is 15.4 Å². The van der Waals surface area contributed by atoms with Crippen molar-refractivity contribution in [1.29, 1.82) is 0 Å². The monoisotopic (exact) mass is 243 g/mol. The van der Waals surface area contributed by atoms with Crippen LogP contribution in [0.3, 0.4) is 0 Å². The van der Waals surface area contributed by atoms with E-state index in [9.17, 15) is 0 Å². The van der Waals surface area contributed by atoms with Crippen molar-refractivity contribution in [3.63, 3.8) is 0 Å². The molecule has 0 saturated carbocycles. The molecular weight excluding hydrogens is 230 g/mol. The molecule has 0 bridgehead atoms. The van der Waals surface area contributed by atoms with Gasteiger partial charge in [-0.15, -0.1) is 0 Å². The lowest BCUT2D eigenvalue weighted by Crippen LogP contribution is -2.01. The maximum atomic E-state index is 5.96. The molecule has 3 aromatic rings. The maximum Gasteiger partial charge on any atom is 0.156 e. The Labute approximate surface area is 103 Å². The zero-order valence-corrected chi connectivity index (χ0v) is 9.90. The Morgan fingerprint density at radius 1 is 1.39 bits per heavy atom. The van der Waals surface area contributed by atoms with Gasteiger partial charge < -0.3 is 15.6 Å². The van der Waals surface area contributed by atoms with E-state index in [1.165, 1.54) is 0 Å². The minimum Gasteiger partial charge on any atom is -0.397 e. The highest BCUT2D eigenvalue weighted by Gasteiger charge is 2.05. The number of hydrogen-bond donors (Lipinski definition) is 3. The molecule has 0 atom stereocenters. The van der Waals surface area contributed by atoms with Crippen LogP contribution in [0.4, 0.5) is 11.4 Å². The average Bonchev–Trinajstić information content (AvgIpc) is 2.94. The van der Waals surface area contributed by atoms with Crippen molar-refractivity contribution >= 4 is 22.3 Å². The van der Waals surface area contributed by atoms with Crippen LogP contribution in [0.25, 0.3) is 10.9 Å². The second kappa shape index (κ2) is 4.06. The molecule has 0 spiro atoms. The lowest BCUT2D eigenvalue weighted by Gasteiger charge is -2.07. The van der Waals surface area contributed by atoms with Crippen LogP contribution in [0.15, 0.2) is 28.9 Å². The molecule has 0 saturated heterocycles. The Morgan fingerprint density at radius 2 is 2.28 bits per heavy atom. The Hall–Kier alpha value is -2.50. The van der Waals surface area contributed by atoms with Crippen LogP contribution in [0.1, 0.15) is 11.5 Å². The van der Waals surface area contributed by atoms with Gasteiger partial charge in [0.15, 0.2) is 5.76 Å². The number of hydrogen-bond acceptors (Lipinski definition) is 5. The molecule has 6 nitrogen and oxygen atoms in total. The fraction of sp³-hybridized carbons (Fsp3) is 0.167. The highest BCUT2D eigenvalue weighted by molar-refractivity contribution is 5.88. The number of nitrogens with two attached hydrogens (primary N) is 1. The number of aromatic nitrogens is 3. The molecule has 0 unspecified atom stereocenters. The molecule has 1 aromatic carbocycles. The van der Waals surface area contributed by atoms with E-state index in [0.717, 1.165) is 28.0 Å². The van der Waals surface area contributed by atoms with Gasteiger partial charge in [0.25, 0.3) is 0 Å². The molecule has 0 amide bonds. The van der Waals surface area contributed by atoms with Gasteiger partial charge in [0.2, 0.25) is 0 Å². The molecule has 6 heteroatoms. The molecule has 0 radical (unpaired) electrons. The summed E-state index contributed by atoms with van der Waals surface area (Å²) < 4.78 is 5.12. The van der Waals surface area contributed by atoms with E-state index in [0.29, 0.717) is 12.2 Å². The largest absolute Gasteiger partial charge is 0.397 e. The fourth-order valence-electron chi connectivity index (χ4n) is 1.84. The third-order valence-corrected chi connectivity index (χ3v) is 2.74. The van der Waals surface area contributed by atoms with Crippen molar-refractivity contribution in [2.24, 2.45) is 0 Å². The predicted molar refractivity (Wildman–Crippen MR) is 69.1 cm³/mol. The summed E-state index contributed by atoms with van der Waals surface area (Å²) in [6.45, 7) is 2.43. The molecule has 0 aliphatic heterocycles. The van der Waals surface area contributed by atoms with Crippen molar-refractivity contribution in [3.05, 3.63) is 35.9 Å². The highest BCUT2D eigenvalue weighted by atomic mass is 16.5. The van der Waals surface area contributed by atoms with E-state index >= 15 is 0 Å². The number of fused-ring (bicyclic) bond motifs is 1. The first kappa shape index (κ1) is 10.6. The van der Waals surface area contributed by atoms with Crippen LogP contribution >= 0.6 is 0 Å². The molecule has 18 heavy (non-hydrogen) atoms. The Kier molecular flexibility index (Phi) is 2.40. The van der Waals surface area contributed by atoms with Crippen molar-refractivity contribution in [2.45, 2.75) is 13.5 Å². The molecule has 0 aliphatic rings. The Bertz CT molecular complexity index is 685. The number of anilines is 2. The lowest BCUT2D eigenvalue weighted by molar-refractivity contribution is 0.384. The van der Waals surface area contributed by atoms with Gasteiger partial charge in [-0.25, -0.2) is 0 Å². The minimum absolute atomic E-state index is 0.546. The van der Waals surface area contributed by atoms with Crippen molar-refractivity contribution < 1.29 is 4.52 Å². The SMILES string of the molecule is Cc1cc(CNc2cc3[nH]ncc3cc2N)on1. The summed E-state index contributed by atoms with van der Waals surface area (Å²) in [5, 5.41) is 14.9. The molecule has 2 heterocycles. The van der Waals surface area contributed by atoms with Gasteiger partial charge in [-0.2, -0.15) is 5.10 Å². The van der Waals surface area contributed by atoms with E-state index in [1.807, 2.05) is 25.1 Å². The fourth-order valence-corrected chi connectivity index (χ4v) is 1.84. The first-order valence-corrected chi connectivity index (χ1v) is 5.61. The topological polar surface area (TPSA) is 92.8 Å². The van der Waals surface area contributed by atoms with Crippen LogP contribution in [0, 0.1) is 6.92 Å². The number of benzene rings is 1. The maximum absolute atomic E-state index is 5.96. The van der Waals surface area contributed by atoms with E-state index in [-0.39, 0.29) is 0 Å². The number of nitrogens with zero attached hydrogens (tertiary/aromatic N) is 2. The third-order valence-electron chi connectivity index (χ3n) is 2.74. The van der Waals surface area contributed by atoms with Gasteiger partial charge in [-0.1, -0.05) is 5.16 Å². The summed E-state index contributed by atoms with van der Waals surface area (Å²) in [7, 11) is 0. The van der Waals surface area contributed by atoms with Gasteiger partial charge >= 0.3 is 0 Å². The molecule has 3 rings (SSSR count). The van der Waals surface area contributed by atoms with Crippen LogP contribution < -0.4 is 11.1 Å². The first-order chi connectivity index (χ1) is 8.72. The number of aromatic amines is 1.